The molecular formula is C24H30N2O3. The van der Waals surface area contributed by atoms with Gasteiger partial charge in [-0.25, -0.2) is 0 Å². The highest BCUT2D eigenvalue weighted by Gasteiger charge is 2.39. The van der Waals surface area contributed by atoms with Crippen molar-refractivity contribution in [1.82, 2.24) is 10.2 Å². The second-order valence-corrected chi connectivity index (χ2v) is 7.93. The first-order chi connectivity index (χ1) is 13.9. The van der Waals surface area contributed by atoms with Crippen LogP contribution in [-0.2, 0) is 11.3 Å². The minimum Gasteiger partial charge on any atom is -0.493 e. The summed E-state index contributed by atoms with van der Waals surface area (Å²) in [6.07, 6.45) is 1.57. The molecule has 154 valence electrons. The zero-order chi connectivity index (χ0) is 20.9. The fourth-order valence-corrected chi connectivity index (χ4v) is 3.89. The summed E-state index contributed by atoms with van der Waals surface area (Å²) >= 11 is 0. The minimum atomic E-state index is -0.600. The van der Waals surface area contributed by atoms with Crippen LogP contribution in [-0.4, -0.2) is 36.4 Å². The number of carbonyl (C=O) groups excluding carboxylic acids is 2. The first-order valence-corrected chi connectivity index (χ1v) is 10.3. The molecule has 2 aromatic carbocycles. The van der Waals surface area contributed by atoms with Crippen molar-refractivity contribution in [2.24, 2.45) is 5.41 Å². The average molecular weight is 395 g/mol. The van der Waals surface area contributed by atoms with Crippen LogP contribution in [0.1, 0.15) is 48.2 Å². The number of rotatable bonds is 6. The number of benzene rings is 2. The number of aryl methyl sites for hydroxylation is 1. The van der Waals surface area contributed by atoms with Gasteiger partial charge in [0.15, 0.2) is 0 Å². The second kappa shape index (κ2) is 9.12. The highest BCUT2D eigenvalue weighted by atomic mass is 16.5. The Morgan fingerprint density at radius 1 is 1.14 bits per heavy atom. The van der Waals surface area contributed by atoms with Gasteiger partial charge in [-0.1, -0.05) is 36.4 Å². The van der Waals surface area contributed by atoms with Crippen molar-refractivity contribution < 1.29 is 14.3 Å². The lowest BCUT2D eigenvalue weighted by molar-refractivity contribution is -0.132. The molecule has 29 heavy (non-hydrogen) atoms. The summed E-state index contributed by atoms with van der Waals surface area (Å²) in [6.45, 7) is 7.96. The van der Waals surface area contributed by atoms with Crippen LogP contribution in [0.15, 0.2) is 48.5 Å². The maximum absolute atomic E-state index is 13.1. The lowest BCUT2D eigenvalue weighted by Crippen LogP contribution is -2.51. The molecule has 1 N–H and O–H groups in total. The molecule has 0 bridgehead atoms. The number of hydrogen-bond donors (Lipinski definition) is 1. The van der Waals surface area contributed by atoms with Gasteiger partial charge in [0, 0.05) is 19.6 Å². The maximum atomic E-state index is 13.1. The molecule has 0 saturated carbocycles. The van der Waals surface area contributed by atoms with Crippen molar-refractivity contribution in [2.75, 3.05) is 19.7 Å². The standard InChI is InChI=1S/C24H30N2O3/c1-4-29-21-13-8-7-12-20(21)22(27)26-15-9-14-24(3,17-26)23(28)25-16-19-11-6-5-10-18(19)2/h5-8,10-13H,4,9,14-17H2,1-3H3,(H,25,28)/t24-/m1/s1. The number of piperidine rings is 1. The summed E-state index contributed by atoms with van der Waals surface area (Å²) in [6, 6.07) is 15.3. The van der Waals surface area contributed by atoms with Crippen molar-refractivity contribution in [3.63, 3.8) is 0 Å². The minimum absolute atomic E-state index is 0.00338. The van der Waals surface area contributed by atoms with Gasteiger partial charge in [0.2, 0.25) is 5.91 Å². The number of amides is 2. The number of para-hydroxylation sites is 1. The van der Waals surface area contributed by atoms with Crippen LogP contribution >= 0.6 is 0 Å². The summed E-state index contributed by atoms with van der Waals surface area (Å²) in [4.78, 5) is 27.9. The van der Waals surface area contributed by atoms with E-state index in [4.69, 9.17) is 4.74 Å². The van der Waals surface area contributed by atoms with Crippen LogP contribution in [0.5, 0.6) is 5.75 Å². The summed E-state index contributed by atoms with van der Waals surface area (Å²) < 4.78 is 5.62. The van der Waals surface area contributed by atoms with E-state index in [1.807, 2.05) is 63.2 Å². The van der Waals surface area contributed by atoms with E-state index in [0.29, 0.717) is 37.6 Å². The quantitative estimate of drug-likeness (QED) is 0.807. The zero-order valence-corrected chi connectivity index (χ0v) is 17.5. The molecule has 1 fully saturated rings. The van der Waals surface area contributed by atoms with Crippen LogP contribution in [0.3, 0.4) is 0 Å². The lowest BCUT2D eigenvalue weighted by atomic mass is 9.80. The van der Waals surface area contributed by atoms with Gasteiger partial charge in [-0.05, 0) is 56.9 Å². The monoisotopic (exact) mass is 394 g/mol. The van der Waals surface area contributed by atoms with Gasteiger partial charge in [0.25, 0.3) is 5.91 Å². The molecule has 5 nitrogen and oxygen atoms in total. The number of likely N-dealkylation sites (tertiary alicyclic amines) is 1. The Hall–Kier alpha value is -2.82. The third-order valence-electron chi connectivity index (χ3n) is 5.65. The van der Waals surface area contributed by atoms with Crippen molar-refractivity contribution in [3.05, 3.63) is 65.2 Å². The highest BCUT2D eigenvalue weighted by Crippen LogP contribution is 2.32. The third-order valence-corrected chi connectivity index (χ3v) is 5.65. The predicted molar refractivity (Wildman–Crippen MR) is 114 cm³/mol. The average Bonchev–Trinajstić information content (AvgIpc) is 2.73. The highest BCUT2D eigenvalue weighted by molar-refractivity contribution is 5.97. The van der Waals surface area contributed by atoms with E-state index >= 15 is 0 Å². The molecular weight excluding hydrogens is 364 g/mol. The van der Waals surface area contributed by atoms with E-state index in [1.54, 1.807) is 11.0 Å². The van der Waals surface area contributed by atoms with E-state index in [-0.39, 0.29) is 11.8 Å². The first-order valence-electron chi connectivity index (χ1n) is 10.3. The summed E-state index contributed by atoms with van der Waals surface area (Å²) in [7, 11) is 0. The van der Waals surface area contributed by atoms with Crippen LogP contribution in [0.4, 0.5) is 0 Å². The van der Waals surface area contributed by atoms with Gasteiger partial charge in [0.1, 0.15) is 5.75 Å². The first kappa shape index (κ1) is 20.9. The number of hydrogen-bond acceptors (Lipinski definition) is 3. The van der Waals surface area contributed by atoms with E-state index in [1.165, 1.54) is 0 Å². The van der Waals surface area contributed by atoms with Crippen molar-refractivity contribution in [2.45, 2.75) is 40.2 Å². The molecule has 0 aliphatic carbocycles. The molecule has 2 aromatic rings. The van der Waals surface area contributed by atoms with Crippen LogP contribution in [0.25, 0.3) is 0 Å². The number of nitrogens with zero attached hydrogens (tertiary/aromatic N) is 1. The summed E-state index contributed by atoms with van der Waals surface area (Å²) in [5.74, 6) is 0.513. The smallest absolute Gasteiger partial charge is 0.257 e. The molecule has 3 rings (SSSR count). The fourth-order valence-electron chi connectivity index (χ4n) is 3.89. The summed E-state index contributed by atoms with van der Waals surface area (Å²) in [5.41, 5.74) is 2.22. The normalized spacial score (nSPS) is 18.9. The number of carbonyl (C=O) groups is 2. The van der Waals surface area contributed by atoms with Gasteiger partial charge in [-0.3, -0.25) is 9.59 Å². The Balaban J connectivity index is 1.69. The molecule has 0 radical (unpaired) electrons. The third kappa shape index (κ3) is 4.78. The topological polar surface area (TPSA) is 58.6 Å². The van der Waals surface area contributed by atoms with E-state index in [2.05, 4.69) is 5.32 Å². The number of ether oxygens (including phenoxy) is 1. The Kier molecular flexibility index (Phi) is 6.57. The van der Waals surface area contributed by atoms with Crippen molar-refractivity contribution in [3.8, 4) is 5.75 Å². The predicted octanol–water partition coefficient (Wildman–Crippen LogP) is 3.95. The van der Waals surface area contributed by atoms with E-state index < -0.39 is 5.41 Å². The largest absolute Gasteiger partial charge is 0.493 e. The molecule has 1 aliphatic heterocycles. The van der Waals surface area contributed by atoms with Crippen LogP contribution in [0.2, 0.25) is 0 Å². The molecule has 1 atom stereocenters. The van der Waals surface area contributed by atoms with Crippen molar-refractivity contribution in [1.29, 1.82) is 0 Å². The van der Waals surface area contributed by atoms with Crippen molar-refractivity contribution >= 4 is 11.8 Å². The van der Waals surface area contributed by atoms with Gasteiger partial charge >= 0.3 is 0 Å². The SMILES string of the molecule is CCOc1ccccc1C(=O)N1CCC[C@@](C)(C(=O)NCc2ccccc2C)C1. The van der Waals surface area contributed by atoms with Gasteiger partial charge in [-0.2, -0.15) is 0 Å². The number of nitrogens with one attached hydrogen (secondary N) is 1. The van der Waals surface area contributed by atoms with Gasteiger partial charge in [-0.15, -0.1) is 0 Å². The Morgan fingerprint density at radius 3 is 2.62 bits per heavy atom. The summed E-state index contributed by atoms with van der Waals surface area (Å²) in [5, 5.41) is 3.08. The molecule has 0 spiro atoms. The molecule has 0 aromatic heterocycles. The fraction of sp³-hybridized carbons (Fsp3) is 0.417. The Bertz CT molecular complexity index is 880. The van der Waals surface area contributed by atoms with E-state index in [0.717, 1.165) is 24.0 Å². The Morgan fingerprint density at radius 2 is 1.86 bits per heavy atom. The van der Waals surface area contributed by atoms with Crippen LogP contribution < -0.4 is 10.1 Å². The molecule has 1 heterocycles. The van der Waals surface area contributed by atoms with Crippen LogP contribution in [0, 0.1) is 12.3 Å². The lowest BCUT2D eigenvalue weighted by Gasteiger charge is -2.39. The van der Waals surface area contributed by atoms with Gasteiger partial charge < -0.3 is 15.0 Å². The zero-order valence-electron chi connectivity index (χ0n) is 17.5. The maximum Gasteiger partial charge on any atom is 0.257 e. The van der Waals surface area contributed by atoms with Gasteiger partial charge in [0.05, 0.1) is 17.6 Å². The van der Waals surface area contributed by atoms with E-state index in [9.17, 15) is 9.59 Å². The molecule has 1 aliphatic rings. The Labute approximate surface area is 173 Å². The molecule has 0 unspecified atom stereocenters. The second-order valence-electron chi connectivity index (χ2n) is 7.93. The molecule has 5 heteroatoms. The molecule has 2 amide bonds. The molecule has 1 saturated heterocycles.